The maximum atomic E-state index is 12.4. The number of fused-ring (bicyclic) bond motifs is 1. The zero-order chi connectivity index (χ0) is 21.3. The Morgan fingerprint density at radius 2 is 2.00 bits per heavy atom. The summed E-state index contributed by atoms with van der Waals surface area (Å²) in [5, 5.41) is 12.5. The molecular weight excluding hydrogens is 382 g/mol. The van der Waals surface area contributed by atoms with E-state index in [0.717, 1.165) is 23.1 Å². The number of ether oxygens (including phenoxy) is 2. The summed E-state index contributed by atoms with van der Waals surface area (Å²) in [6.45, 7) is 4.56. The molecule has 2 aromatic carbocycles. The van der Waals surface area contributed by atoms with Crippen molar-refractivity contribution in [2.45, 2.75) is 25.7 Å². The maximum Gasteiger partial charge on any atom is 0.313 e. The Kier molecular flexibility index (Phi) is 5.24. The van der Waals surface area contributed by atoms with Crippen LogP contribution in [0.1, 0.15) is 24.0 Å². The zero-order valence-corrected chi connectivity index (χ0v) is 16.9. The van der Waals surface area contributed by atoms with Crippen LogP contribution in [0.3, 0.4) is 0 Å². The minimum atomic E-state index is -0.486. The number of benzene rings is 2. The predicted octanol–water partition coefficient (Wildman–Crippen LogP) is 3.63. The van der Waals surface area contributed by atoms with E-state index in [9.17, 15) is 14.7 Å². The molecule has 30 heavy (non-hydrogen) atoms. The van der Waals surface area contributed by atoms with Gasteiger partial charge in [0, 0.05) is 11.6 Å². The van der Waals surface area contributed by atoms with Gasteiger partial charge in [-0.2, -0.15) is 0 Å². The van der Waals surface area contributed by atoms with Crippen molar-refractivity contribution in [3.63, 3.8) is 0 Å². The van der Waals surface area contributed by atoms with Crippen molar-refractivity contribution in [3.05, 3.63) is 65.7 Å². The van der Waals surface area contributed by atoms with Gasteiger partial charge in [0.15, 0.2) is 11.5 Å². The second-order valence-electron chi connectivity index (χ2n) is 8.19. The summed E-state index contributed by atoms with van der Waals surface area (Å²) in [5.74, 6) is 0.297. The monoisotopic (exact) mass is 407 g/mol. The number of allylic oxidation sites excluding steroid dienone is 1. The number of anilines is 1. The van der Waals surface area contributed by atoms with Gasteiger partial charge in [0.1, 0.15) is 0 Å². The van der Waals surface area contributed by atoms with E-state index in [4.69, 9.17) is 9.47 Å². The van der Waals surface area contributed by atoms with Crippen LogP contribution in [0.5, 0.6) is 11.5 Å². The lowest BCUT2D eigenvalue weighted by Crippen LogP contribution is -2.31. The molecule has 2 aliphatic rings. The number of carbonyl (C=O) groups is 2. The van der Waals surface area contributed by atoms with Crippen LogP contribution in [-0.4, -0.2) is 30.7 Å². The number of hydrogen-bond acceptors (Lipinski definition) is 5. The lowest BCUT2D eigenvalue weighted by atomic mass is 9.75. The Balaban J connectivity index is 1.40. The van der Waals surface area contributed by atoms with Crippen LogP contribution < -0.4 is 10.1 Å². The van der Waals surface area contributed by atoms with E-state index in [0.29, 0.717) is 30.9 Å². The fourth-order valence-corrected chi connectivity index (χ4v) is 4.56. The molecule has 1 amide bonds. The molecule has 156 valence electrons. The standard InChI is InChI=1S/C24H25NO5/c1-15-9-18-14-30-23(28)24(18,12-15)13-16-3-6-19(7-4-16)25-22(27)11-17-5-8-20(26)21(10-17)29-2/h3-8,10,18,26H,1,9,11-14H2,2H3,(H,25,27). The summed E-state index contributed by atoms with van der Waals surface area (Å²) >= 11 is 0. The highest BCUT2D eigenvalue weighted by molar-refractivity contribution is 5.92. The second kappa shape index (κ2) is 7.86. The van der Waals surface area contributed by atoms with Crippen LogP contribution in [-0.2, 0) is 27.2 Å². The van der Waals surface area contributed by atoms with E-state index >= 15 is 0 Å². The smallest absolute Gasteiger partial charge is 0.313 e. The van der Waals surface area contributed by atoms with Crippen LogP contribution in [0.15, 0.2) is 54.6 Å². The van der Waals surface area contributed by atoms with Crippen molar-refractivity contribution < 1.29 is 24.2 Å². The lowest BCUT2D eigenvalue weighted by molar-refractivity contribution is -0.146. The number of esters is 1. The van der Waals surface area contributed by atoms with Gasteiger partial charge in [-0.1, -0.05) is 30.4 Å². The lowest BCUT2D eigenvalue weighted by Gasteiger charge is -2.24. The molecule has 4 rings (SSSR count). The van der Waals surface area contributed by atoms with E-state index in [1.807, 2.05) is 24.3 Å². The number of aromatic hydroxyl groups is 1. The fraction of sp³-hybridized carbons (Fsp3) is 0.333. The number of cyclic esters (lactones) is 1. The molecule has 6 heteroatoms. The number of phenols is 1. The van der Waals surface area contributed by atoms with Gasteiger partial charge in [0.25, 0.3) is 0 Å². The number of amides is 1. The summed E-state index contributed by atoms with van der Waals surface area (Å²) in [6, 6.07) is 12.4. The van der Waals surface area contributed by atoms with E-state index < -0.39 is 5.41 Å². The largest absolute Gasteiger partial charge is 0.504 e. The van der Waals surface area contributed by atoms with Crippen molar-refractivity contribution in [1.82, 2.24) is 0 Å². The highest BCUT2D eigenvalue weighted by atomic mass is 16.5. The zero-order valence-electron chi connectivity index (χ0n) is 16.9. The van der Waals surface area contributed by atoms with E-state index in [-0.39, 0.29) is 30.0 Å². The Morgan fingerprint density at radius 3 is 2.73 bits per heavy atom. The summed E-state index contributed by atoms with van der Waals surface area (Å²) in [4.78, 5) is 24.8. The number of phenolic OH excluding ortho intramolecular Hbond substituents is 1. The molecular formula is C24H25NO5. The number of nitrogens with one attached hydrogen (secondary N) is 1. The van der Waals surface area contributed by atoms with E-state index in [1.165, 1.54) is 13.2 Å². The van der Waals surface area contributed by atoms with Crippen molar-refractivity contribution in [1.29, 1.82) is 0 Å². The van der Waals surface area contributed by atoms with Crippen LogP contribution in [0, 0.1) is 11.3 Å². The molecule has 6 nitrogen and oxygen atoms in total. The summed E-state index contributed by atoms with van der Waals surface area (Å²) in [7, 11) is 1.47. The summed E-state index contributed by atoms with van der Waals surface area (Å²) in [6.07, 6.45) is 2.32. The first-order valence-electron chi connectivity index (χ1n) is 9.98. The predicted molar refractivity (Wildman–Crippen MR) is 112 cm³/mol. The Morgan fingerprint density at radius 1 is 1.27 bits per heavy atom. The second-order valence-corrected chi connectivity index (χ2v) is 8.19. The Hall–Kier alpha value is -3.28. The molecule has 2 unspecified atom stereocenters. The third kappa shape index (κ3) is 3.77. The van der Waals surface area contributed by atoms with Gasteiger partial charge in [-0.15, -0.1) is 0 Å². The normalized spacial score (nSPS) is 22.5. The van der Waals surface area contributed by atoms with Crippen molar-refractivity contribution in [2.75, 3.05) is 19.0 Å². The number of carbonyl (C=O) groups excluding carboxylic acids is 2. The number of rotatable bonds is 6. The van der Waals surface area contributed by atoms with Crippen molar-refractivity contribution in [2.24, 2.45) is 11.3 Å². The molecule has 1 aliphatic heterocycles. The molecule has 2 fully saturated rings. The fourth-order valence-electron chi connectivity index (χ4n) is 4.56. The van der Waals surface area contributed by atoms with Gasteiger partial charge in [-0.3, -0.25) is 9.59 Å². The van der Waals surface area contributed by atoms with Crippen LogP contribution >= 0.6 is 0 Å². The molecule has 1 heterocycles. The SMILES string of the molecule is C=C1CC2COC(=O)C2(Cc2ccc(NC(=O)Cc3ccc(O)c(OC)c3)cc2)C1. The van der Waals surface area contributed by atoms with Gasteiger partial charge in [-0.05, 0) is 54.7 Å². The van der Waals surface area contributed by atoms with Crippen LogP contribution in [0.4, 0.5) is 5.69 Å². The van der Waals surface area contributed by atoms with Gasteiger partial charge in [0.05, 0.1) is 25.6 Å². The molecule has 1 aliphatic carbocycles. The van der Waals surface area contributed by atoms with E-state index in [1.54, 1.807) is 12.1 Å². The minimum absolute atomic E-state index is 0.0379. The Bertz CT molecular complexity index is 997. The maximum absolute atomic E-state index is 12.4. The third-order valence-corrected chi connectivity index (χ3v) is 6.07. The summed E-state index contributed by atoms with van der Waals surface area (Å²) in [5.41, 5.74) is 3.10. The average molecular weight is 407 g/mol. The molecule has 0 spiro atoms. The van der Waals surface area contributed by atoms with E-state index in [2.05, 4.69) is 11.9 Å². The first kappa shape index (κ1) is 20.0. The third-order valence-electron chi connectivity index (χ3n) is 6.07. The van der Waals surface area contributed by atoms with Crippen LogP contribution in [0.25, 0.3) is 0 Å². The molecule has 0 radical (unpaired) electrons. The number of methoxy groups -OCH3 is 1. The highest BCUT2D eigenvalue weighted by Gasteiger charge is 2.55. The molecule has 2 aromatic rings. The van der Waals surface area contributed by atoms with Gasteiger partial charge in [0.2, 0.25) is 5.91 Å². The van der Waals surface area contributed by atoms with Crippen molar-refractivity contribution >= 4 is 17.6 Å². The summed E-state index contributed by atoms with van der Waals surface area (Å²) < 4.78 is 10.4. The molecule has 2 N–H and O–H groups in total. The molecule has 1 saturated heterocycles. The highest BCUT2D eigenvalue weighted by Crippen LogP contribution is 2.52. The first-order chi connectivity index (χ1) is 14.4. The molecule has 2 atom stereocenters. The number of hydrogen-bond donors (Lipinski definition) is 2. The Labute approximate surface area is 175 Å². The quantitative estimate of drug-likeness (QED) is 0.564. The minimum Gasteiger partial charge on any atom is -0.504 e. The van der Waals surface area contributed by atoms with Gasteiger partial charge in [-0.25, -0.2) is 0 Å². The van der Waals surface area contributed by atoms with Crippen LogP contribution in [0.2, 0.25) is 0 Å². The molecule has 0 bridgehead atoms. The molecule has 1 saturated carbocycles. The van der Waals surface area contributed by atoms with Gasteiger partial charge >= 0.3 is 5.97 Å². The topological polar surface area (TPSA) is 84.9 Å². The molecule has 0 aromatic heterocycles. The van der Waals surface area contributed by atoms with Crippen molar-refractivity contribution in [3.8, 4) is 11.5 Å². The first-order valence-corrected chi connectivity index (χ1v) is 9.98. The average Bonchev–Trinajstić information content (AvgIpc) is 3.19. The van der Waals surface area contributed by atoms with Gasteiger partial charge < -0.3 is 19.9 Å².